The molecule has 0 N–H and O–H groups in total. The number of carbonyl (C=O) groups excluding carboxylic acids is 2. The molecule has 0 aromatic heterocycles. The minimum absolute atomic E-state index is 0.144. The number of amides is 2. The first-order chi connectivity index (χ1) is 6.99. The fraction of sp³-hybridized carbons (Fsp3) is 0.727. The summed E-state index contributed by atoms with van der Waals surface area (Å²) in [6, 6.07) is 2.02. The van der Waals surface area contributed by atoms with Crippen molar-refractivity contribution in [3.05, 3.63) is 0 Å². The number of nitriles is 1. The monoisotopic (exact) mass is 206 g/mol. The Morgan fingerprint density at radius 1 is 1.27 bits per heavy atom. The van der Waals surface area contributed by atoms with Crippen LogP contribution in [0.15, 0.2) is 0 Å². The lowest BCUT2D eigenvalue weighted by Gasteiger charge is -2.27. The Hall–Kier alpha value is -1.37. The SMILES string of the molecule is CC(C)(C#N)N1C(=O)C2CCCC2C1=O. The number of carbonyl (C=O) groups is 2. The molecule has 15 heavy (non-hydrogen) atoms. The van der Waals surface area contributed by atoms with Crippen LogP contribution in [0.25, 0.3) is 0 Å². The Morgan fingerprint density at radius 3 is 2.13 bits per heavy atom. The number of hydrogen-bond donors (Lipinski definition) is 0. The summed E-state index contributed by atoms with van der Waals surface area (Å²) in [5, 5.41) is 8.96. The van der Waals surface area contributed by atoms with E-state index in [0.717, 1.165) is 19.3 Å². The highest BCUT2D eigenvalue weighted by molar-refractivity contribution is 6.06. The zero-order valence-electron chi connectivity index (χ0n) is 8.99. The van der Waals surface area contributed by atoms with E-state index in [1.165, 1.54) is 4.90 Å². The standard InChI is InChI=1S/C11H14N2O2/c1-11(2,6-12)13-9(14)7-4-3-5-8(7)10(13)15/h7-8H,3-5H2,1-2H3. The first-order valence-corrected chi connectivity index (χ1v) is 5.28. The number of fused-ring (bicyclic) bond motifs is 1. The smallest absolute Gasteiger partial charge is 0.234 e. The van der Waals surface area contributed by atoms with E-state index in [4.69, 9.17) is 5.26 Å². The third-order valence-electron chi connectivity index (χ3n) is 3.42. The maximum Gasteiger partial charge on any atom is 0.234 e. The van der Waals surface area contributed by atoms with Gasteiger partial charge >= 0.3 is 0 Å². The fourth-order valence-corrected chi connectivity index (χ4v) is 2.59. The summed E-state index contributed by atoms with van der Waals surface area (Å²) in [6.45, 7) is 3.23. The summed E-state index contributed by atoms with van der Waals surface area (Å²) in [4.78, 5) is 25.1. The molecule has 2 atom stereocenters. The van der Waals surface area contributed by atoms with Crippen molar-refractivity contribution in [1.82, 2.24) is 4.90 Å². The van der Waals surface area contributed by atoms with Crippen LogP contribution in [-0.2, 0) is 9.59 Å². The zero-order valence-corrected chi connectivity index (χ0v) is 8.99. The Kier molecular flexibility index (Phi) is 2.07. The van der Waals surface area contributed by atoms with E-state index < -0.39 is 5.54 Å². The van der Waals surface area contributed by atoms with Gasteiger partial charge in [-0.3, -0.25) is 14.5 Å². The van der Waals surface area contributed by atoms with Crippen molar-refractivity contribution in [2.45, 2.75) is 38.6 Å². The molecule has 2 amide bonds. The maximum atomic E-state index is 12.0. The first kappa shape index (κ1) is 10.2. The fourth-order valence-electron chi connectivity index (χ4n) is 2.59. The van der Waals surface area contributed by atoms with E-state index in [0.29, 0.717) is 0 Å². The summed E-state index contributed by atoms with van der Waals surface area (Å²) in [7, 11) is 0. The van der Waals surface area contributed by atoms with Gasteiger partial charge in [0.1, 0.15) is 5.54 Å². The number of likely N-dealkylation sites (tertiary alicyclic amines) is 1. The third kappa shape index (κ3) is 1.26. The van der Waals surface area contributed by atoms with Gasteiger partial charge in [0.15, 0.2) is 0 Å². The highest BCUT2D eigenvalue weighted by Crippen LogP contribution is 2.42. The second-order valence-corrected chi connectivity index (χ2v) is 4.83. The molecule has 0 aromatic rings. The molecule has 4 nitrogen and oxygen atoms in total. The molecular weight excluding hydrogens is 192 g/mol. The highest BCUT2D eigenvalue weighted by Gasteiger charge is 2.54. The van der Waals surface area contributed by atoms with E-state index >= 15 is 0 Å². The van der Waals surface area contributed by atoms with Crippen LogP contribution in [0.3, 0.4) is 0 Å². The van der Waals surface area contributed by atoms with Crippen molar-refractivity contribution in [2.24, 2.45) is 11.8 Å². The van der Waals surface area contributed by atoms with Crippen LogP contribution in [0.4, 0.5) is 0 Å². The molecule has 0 spiro atoms. The Balaban J connectivity index is 2.34. The van der Waals surface area contributed by atoms with Crippen LogP contribution >= 0.6 is 0 Å². The zero-order chi connectivity index (χ0) is 11.2. The van der Waals surface area contributed by atoms with E-state index in [1.807, 2.05) is 6.07 Å². The summed E-state index contributed by atoms with van der Waals surface area (Å²) in [6.07, 6.45) is 2.55. The Labute approximate surface area is 88.9 Å². The highest BCUT2D eigenvalue weighted by atomic mass is 16.2. The molecule has 4 heteroatoms. The van der Waals surface area contributed by atoms with E-state index in [9.17, 15) is 9.59 Å². The molecular formula is C11H14N2O2. The van der Waals surface area contributed by atoms with Gasteiger partial charge in [0.05, 0.1) is 17.9 Å². The predicted molar refractivity (Wildman–Crippen MR) is 52.4 cm³/mol. The van der Waals surface area contributed by atoms with E-state index in [2.05, 4.69) is 0 Å². The first-order valence-electron chi connectivity index (χ1n) is 5.28. The van der Waals surface area contributed by atoms with Crippen molar-refractivity contribution in [3.63, 3.8) is 0 Å². The lowest BCUT2D eigenvalue weighted by Crippen LogP contribution is -2.47. The molecule has 1 saturated carbocycles. The van der Waals surface area contributed by atoms with Crippen molar-refractivity contribution in [2.75, 3.05) is 0 Å². The largest absolute Gasteiger partial charge is 0.274 e. The lowest BCUT2D eigenvalue weighted by atomic mass is 10.00. The van der Waals surface area contributed by atoms with Crippen LogP contribution in [0, 0.1) is 23.2 Å². The van der Waals surface area contributed by atoms with Crippen LogP contribution in [0.1, 0.15) is 33.1 Å². The number of nitrogens with zero attached hydrogens (tertiary/aromatic N) is 2. The summed E-state index contributed by atoms with van der Waals surface area (Å²) in [5.74, 6) is -0.585. The van der Waals surface area contributed by atoms with Crippen LogP contribution in [0.5, 0.6) is 0 Å². The molecule has 1 aliphatic heterocycles. The molecule has 0 bridgehead atoms. The number of hydrogen-bond acceptors (Lipinski definition) is 3. The molecule has 0 radical (unpaired) electrons. The van der Waals surface area contributed by atoms with Crippen molar-refractivity contribution in [3.8, 4) is 6.07 Å². The molecule has 80 valence electrons. The topological polar surface area (TPSA) is 61.2 Å². The summed E-state index contributed by atoms with van der Waals surface area (Å²) in [5.41, 5.74) is -1.00. The Bertz CT molecular complexity index is 345. The molecule has 1 heterocycles. The molecule has 2 fully saturated rings. The van der Waals surface area contributed by atoms with E-state index in [-0.39, 0.29) is 23.7 Å². The third-order valence-corrected chi connectivity index (χ3v) is 3.42. The second kappa shape index (κ2) is 3.06. The normalized spacial score (nSPS) is 30.6. The van der Waals surface area contributed by atoms with Gasteiger partial charge in [-0.05, 0) is 26.7 Å². The van der Waals surface area contributed by atoms with Gasteiger partial charge in [-0.2, -0.15) is 5.26 Å². The van der Waals surface area contributed by atoms with Crippen LogP contribution < -0.4 is 0 Å². The van der Waals surface area contributed by atoms with E-state index in [1.54, 1.807) is 13.8 Å². The molecule has 2 unspecified atom stereocenters. The molecule has 1 aliphatic carbocycles. The van der Waals surface area contributed by atoms with Gasteiger partial charge in [-0.15, -0.1) is 0 Å². The number of rotatable bonds is 1. The maximum absolute atomic E-state index is 12.0. The summed E-state index contributed by atoms with van der Waals surface area (Å²) < 4.78 is 0. The van der Waals surface area contributed by atoms with Gasteiger partial charge in [-0.25, -0.2) is 0 Å². The molecule has 0 aromatic carbocycles. The Morgan fingerprint density at radius 2 is 1.73 bits per heavy atom. The second-order valence-electron chi connectivity index (χ2n) is 4.83. The molecule has 2 aliphatic rings. The quantitative estimate of drug-likeness (QED) is 0.603. The summed E-state index contributed by atoms with van der Waals surface area (Å²) >= 11 is 0. The lowest BCUT2D eigenvalue weighted by molar-refractivity contribution is -0.144. The van der Waals surface area contributed by atoms with Gasteiger partial charge in [0, 0.05) is 0 Å². The minimum Gasteiger partial charge on any atom is -0.274 e. The van der Waals surface area contributed by atoms with Crippen molar-refractivity contribution >= 4 is 11.8 Å². The van der Waals surface area contributed by atoms with Gasteiger partial charge in [-0.1, -0.05) is 6.42 Å². The number of imide groups is 1. The minimum atomic E-state index is -1.00. The van der Waals surface area contributed by atoms with Crippen LogP contribution in [0.2, 0.25) is 0 Å². The molecule has 2 rings (SSSR count). The predicted octanol–water partition coefficient (Wildman–Crippen LogP) is 1.07. The average molecular weight is 206 g/mol. The van der Waals surface area contributed by atoms with Crippen LogP contribution in [-0.4, -0.2) is 22.3 Å². The average Bonchev–Trinajstić information content (AvgIpc) is 2.72. The van der Waals surface area contributed by atoms with Gasteiger partial charge in [0.25, 0.3) is 0 Å². The van der Waals surface area contributed by atoms with Gasteiger partial charge in [0.2, 0.25) is 11.8 Å². The van der Waals surface area contributed by atoms with Crippen molar-refractivity contribution in [1.29, 1.82) is 5.26 Å². The molecule has 1 saturated heterocycles. The van der Waals surface area contributed by atoms with Crippen molar-refractivity contribution < 1.29 is 9.59 Å². The van der Waals surface area contributed by atoms with Gasteiger partial charge < -0.3 is 0 Å².